The van der Waals surface area contributed by atoms with Crippen LogP contribution in [-0.4, -0.2) is 14.8 Å². The van der Waals surface area contributed by atoms with E-state index in [0.29, 0.717) is 11.0 Å². The number of aryl methyl sites for hydroxylation is 1. The predicted molar refractivity (Wildman–Crippen MR) is 61.0 cm³/mol. The first kappa shape index (κ1) is 10.5. The van der Waals surface area contributed by atoms with Crippen LogP contribution in [-0.2, 0) is 12.9 Å². The van der Waals surface area contributed by atoms with Gasteiger partial charge in [-0.25, -0.2) is 0 Å². The number of pyridine rings is 1. The summed E-state index contributed by atoms with van der Waals surface area (Å²) in [5, 5.41) is 4.88. The Labute approximate surface area is 97.7 Å². The van der Waals surface area contributed by atoms with E-state index >= 15 is 0 Å². The van der Waals surface area contributed by atoms with Crippen molar-refractivity contribution in [3.63, 3.8) is 0 Å². The number of halogens is 2. The summed E-state index contributed by atoms with van der Waals surface area (Å²) in [5.41, 5.74) is 2.56. The zero-order chi connectivity index (χ0) is 10.8. The highest BCUT2D eigenvalue weighted by molar-refractivity contribution is 6.31. The normalized spacial score (nSPS) is 10.6. The Bertz CT molecular complexity index is 465. The van der Waals surface area contributed by atoms with Gasteiger partial charge >= 0.3 is 0 Å². The maximum Gasteiger partial charge on any atom is 0.131 e. The first-order valence-corrected chi connectivity index (χ1v) is 5.33. The van der Waals surface area contributed by atoms with Crippen LogP contribution in [0.1, 0.15) is 5.56 Å². The largest absolute Gasteiger partial charge is 0.264 e. The van der Waals surface area contributed by atoms with E-state index in [4.69, 9.17) is 23.2 Å². The molecule has 2 rings (SSSR count). The number of nitrogens with zero attached hydrogens (tertiary/aromatic N) is 3. The van der Waals surface area contributed by atoms with E-state index < -0.39 is 0 Å². The van der Waals surface area contributed by atoms with Crippen molar-refractivity contribution in [2.75, 3.05) is 0 Å². The molecule has 0 fully saturated rings. The molecule has 0 aliphatic heterocycles. The number of aromatic nitrogens is 3. The summed E-state index contributed by atoms with van der Waals surface area (Å²) in [6, 6.07) is 3.79. The van der Waals surface area contributed by atoms with Gasteiger partial charge in [0.2, 0.25) is 0 Å². The minimum atomic E-state index is 0.344. The smallest absolute Gasteiger partial charge is 0.131 e. The van der Waals surface area contributed by atoms with E-state index in [2.05, 4.69) is 10.1 Å². The molecule has 78 valence electrons. The molecule has 0 radical (unpaired) electrons. The lowest BCUT2D eigenvalue weighted by molar-refractivity contribution is 0.771. The third kappa shape index (κ3) is 1.85. The van der Waals surface area contributed by atoms with Gasteiger partial charge in [0, 0.05) is 30.6 Å². The lowest BCUT2D eigenvalue weighted by Gasteiger charge is -1.97. The van der Waals surface area contributed by atoms with Gasteiger partial charge < -0.3 is 0 Å². The van der Waals surface area contributed by atoms with Crippen LogP contribution in [0.2, 0.25) is 5.15 Å². The van der Waals surface area contributed by atoms with Crippen molar-refractivity contribution in [1.82, 2.24) is 14.8 Å². The molecule has 0 saturated heterocycles. The first-order chi connectivity index (χ1) is 7.24. The summed E-state index contributed by atoms with van der Waals surface area (Å²) < 4.78 is 1.61. The molecule has 0 aliphatic rings. The van der Waals surface area contributed by atoms with Gasteiger partial charge in [-0.3, -0.25) is 9.67 Å². The van der Waals surface area contributed by atoms with Crippen LogP contribution in [0.5, 0.6) is 0 Å². The maximum absolute atomic E-state index is 6.06. The fourth-order valence-corrected chi connectivity index (χ4v) is 1.92. The second-order valence-corrected chi connectivity index (χ2v) is 3.74. The molecule has 15 heavy (non-hydrogen) atoms. The Morgan fingerprint density at radius 2 is 2.27 bits per heavy atom. The first-order valence-electron chi connectivity index (χ1n) is 4.41. The zero-order valence-corrected chi connectivity index (χ0v) is 9.63. The summed E-state index contributed by atoms with van der Waals surface area (Å²) >= 11 is 11.9. The molecule has 0 spiro atoms. The molecular formula is C10H9Cl2N3. The Morgan fingerprint density at radius 1 is 1.47 bits per heavy atom. The molecule has 0 unspecified atom stereocenters. The van der Waals surface area contributed by atoms with Crippen molar-refractivity contribution >= 4 is 23.2 Å². The molecule has 0 aliphatic carbocycles. The molecule has 0 N–H and O–H groups in total. The van der Waals surface area contributed by atoms with Gasteiger partial charge in [0.15, 0.2) is 0 Å². The molecule has 0 aromatic carbocycles. The van der Waals surface area contributed by atoms with Crippen molar-refractivity contribution in [2.45, 2.75) is 5.88 Å². The van der Waals surface area contributed by atoms with Gasteiger partial charge in [0.1, 0.15) is 5.15 Å². The van der Waals surface area contributed by atoms with E-state index in [1.54, 1.807) is 24.1 Å². The highest BCUT2D eigenvalue weighted by Gasteiger charge is 2.14. The van der Waals surface area contributed by atoms with Crippen LogP contribution in [0, 0.1) is 0 Å². The molecular weight excluding hydrogens is 233 g/mol. The Morgan fingerprint density at radius 3 is 2.87 bits per heavy atom. The average Bonchev–Trinajstić information content (AvgIpc) is 2.56. The summed E-state index contributed by atoms with van der Waals surface area (Å²) in [6.07, 6.45) is 3.46. The molecule has 0 atom stereocenters. The summed E-state index contributed by atoms with van der Waals surface area (Å²) in [5.74, 6) is 0.344. The van der Waals surface area contributed by atoms with Gasteiger partial charge in [-0.1, -0.05) is 11.6 Å². The van der Waals surface area contributed by atoms with Crippen LogP contribution in [0.3, 0.4) is 0 Å². The molecule has 2 aromatic rings. The molecule has 5 heteroatoms. The molecule has 2 aromatic heterocycles. The predicted octanol–water partition coefficient (Wildman–Crippen LogP) is 2.87. The van der Waals surface area contributed by atoms with E-state index in [0.717, 1.165) is 16.8 Å². The molecule has 0 bridgehead atoms. The van der Waals surface area contributed by atoms with Gasteiger partial charge in [-0.05, 0) is 12.1 Å². The van der Waals surface area contributed by atoms with Crippen LogP contribution in [0.15, 0.2) is 24.5 Å². The third-order valence-corrected chi connectivity index (χ3v) is 2.88. The Balaban J connectivity index is 2.58. The topological polar surface area (TPSA) is 30.7 Å². The van der Waals surface area contributed by atoms with Gasteiger partial charge in [-0.2, -0.15) is 5.10 Å². The highest BCUT2D eigenvalue weighted by Crippen LogP contribution is 2.28. The molecule has 3 nitrogen and oxygen atoms in total. The standard InChI is InChI=1S/C10H9Cl2N3/c1-15-10(12)8(5-11)9(14-15)7-3-2-4-13-6-7/h2-4,6H,5H2,1H3. The number of hydrogen-bond acceptors (Lipinski definition) is 2. The quantitative estimate of drug-likeness (QED) is 0.758. The average molecular weight is 242 g/mol. The Hall–Kier alpha value is -1.06. The van der Waals surface area contributed by atoms with Gasteiger partial charge in [0.05, 0.1) is 11.6 Å². The van der Waals surface area contributed by atoms with Crippen molar-refractivity contribution in [2.24, 2.45) is 7.05 Å². The second-order valence-electron chi connectivity index (χ2n) is 3.12. The fraction of sp³-hybridized carbons (Fsp3) is 0.200. The van der Waals surface area contributed by atoms with Crippen molar-refractivity contribution in [3.05, 3.63) is 35.2 Å². The van der Waals surface area contributed by atoms with Crippen LogP contribution >= 0.6 is 23.2 Å². The van der Waals surface area contributed by atoms with Gasteiger partial charge in [-0.15, -0.1) is 11.6 Å². The summed E-state index contributed by atoms with van der Waals surface area (Å²) in [7, 11) is 1.79. The number of rotatable bonds is 2. The minimum absolute atomic E-state index is 0.344. The van der Waals surface area contributed by atoms with Gasteiger partial charge in [0.25, 0.3) is 0 Å². The monoisotopic (exact) mass is 241 g/mol. The molecule has 2 heterocycles. The second kappa shape index (κ2) is 4.21. The van der Waals surface area contributed by atoms with E-state index in [-0.39, 0.29) is 0 Å². The van der Waals surface area contributed by atoms with E-state index in [1.165, 1.54) is 0 Å². The third-order valence-electron chi connectivity index (χ3n) is 2.14. The SMILES string of the molecule is Cn1nc(-c2cccnc2)c(CCl)c1Cl. The highest BCUT2D eigenvalue weighted by atomic mass is 35.5. The Kier molecular flexibility index (Phi) is 2.93. The van der Waals surface area contributed by atoms with Crippen molar-refractivity contribution < 1.29 is 0 Å². The maximum atomic E-state index is 6.06. The summed E-state index contributed by atoms with van der Waals surface area (Å²) in [4.78, 5) is 4.04. The lowest BCUT2D eigenvalue weighted by atomic mass is 10.1. The molecule has 0 saturated carbocycles. The number of alkyl halides is 1. The fourth-order valence-electron chi connectivity index (χ4n) is 1.40. The van der Waals surface area contributed by atoms with E-state index in [1.807, 2.05) is 12.1 Å². The van der Waals surface area contributed by atoms with Crippen LogP contribution < -0.4 is 0 Å². The lowest BCUT2D eigenvalue weighted by Crippen LogP contribution is -1.89. The van der Waals surface area contributed by atoms with Crippen molar-refractivity contribution in [1.29, 1.82) is 0 Å². The number of hydrogen-bond donors (Lipinski definition) is 0. The zero-order valence-electron chi connectivity index (χ0n) is 8.11. The van der Waals surface area contributed by atoms with Crippen LogP contribution in [0.25, 0.3) is 11.3 Å². The van der Waals surface area contributed by atoms with Crippen molar-refractivity contribution in [3.8, 4) is 11.3 Å². The summed E-state index contributed by atoms with van der Waals surface area (Å²) in [6.45, 7) is 0. The molecule has 0 amide bonds. The minimum Gasteiger partial charge on any atom is -0.264 e. The van der Waals surface area contributed by atoms with E-state index in [9.17, 15) is 0 Å². The van der Waals surface area contributed by atoms with Crippen LogP contribution in [0.4, 0.5) is 0 Å².